The van der Waals surface area contributed by atoms with Crippen LogP contribution in [0, 0.1) is 16.7 Å². The van der Waals surface area contributed by atoms with Gasteiger partial charge in [0.2, 0.25) is 0 Å². The molecule has 27 heavy (non-hydrogen) atoms. The van der Waals surface area contributed by atoms with Crippen molar-refractivity contribution < 1.29 is 33.1 Å². The van der Waals surface area contributed by atoms with Crippen molar-refractivity contribution in [2.75, 3.05) is 48.0 Å². The first-order valence-corrected chi connectivity index (χ1v) is 9.41. The molecule has 0 aromatic rings. The fraction of sp³-hybridized carbons (Fsp3) is 0.850. The highest BCUT2D eigenvalue weighted by atomic mass is 16.5. The predicted molar refractivity (Wildman–Crippen MR) is 103 cm³/mol. The SMILES string of the molecule is CCOC(=O)C(C)CC(C)(CC(C)(C)C(=O)OCC[N+](C)(C)C)C(=O)OC. The minimum atomic E-state index is -1.01. The summed E-state index contributed by atoms with van der Waals surface area (Å²) in [6, 6.07) is 0. The monoisotopic (exact) mass is 388 g/mol. The van der Waals surface area contributed by atoms with Crippen LogP contribution in [0.15, 0.2) is 0 Å². The van der Waals surface area contributed by atoms with E-state index in [1.165, 1.54) is 7.11 Å². The number of hydrogen-bond donors (Lipinski definition) is 0. The predicted octanol–water partition coefficient (Wildman–Crippen LogP) is 2.42. The lowest BCUT2D eigenvalue weighted by atomic mass is 9.70. The fourth-order valence-electron chi connectivity index (χ4n) is 3.17. The Balaban J connectivity index is 5.21. The second-order valence-corrected chi connectivity index (χ2v) is 9.12. The number of nitrogens with zero attached hydrogens (tertiary/aromatic N) is 1. The molecule has 7 heteroatoms. The molecule has 0 amide bonds. The average molecular weight is 389 g/mol. The average Bonchev–Trinajstić information content (AvgIpc) is 2.52. The van der Waals surface area contributed by atoms with Gasteiger partial charge < -0.3 is 18.7 Å². The molecule has 0 aromatic carbocycles. The van der Waals surface area contributed by atoms with Crippen LogP contribution in [0.25, 0.3) is 0 Å². The minimum absolute atomic E-state index is 0.208. The third-order valence-corrected chi connectivity index (χ3v) is 4.50. The van der Waals surface area contributed by atoms with Gasteiger partial charge in [-0.25, -0.2) is 0 Å². The second kappa shape index (κ2) is 10.1. The molecule has 0 aromatic heterocycles. The molecule has 0 rings (SSSR count). The quantitative estimate of drug-likeness (QED) is 0.307. The van der Waals surface area contributed by atoms with Crippen molar-refractivity contribution in [2.24, 2.45) is 16.7 Å². The van der Waals surface area contributed by atoms with E-state index in [0.29, 0.717) is 17.6 Å². The molecule has 0 radical (unpaired) electrons. The van der Waals surface area contributed by atoms with Crippen LogP contribution in [0.2, 0.25) is 0 Å². The molecule has 7 nitrogen and oxygen atoms in total. The number of ether oxygens (including phenoxy) is 3. The number of carbonyl (C=O) groups excluding carboxylic acids is 3. The van der Waals surface area contributed by atoms with Crippen LogP contribution in [0.4, 0.5) is 0 Å². The molecule has 0 aliphatic heterocycles. The minimum Gasteiger partial charge on any atom is -0.469 e. The summed E-state index contributed by atoms with van der Waals surface area (Å²) in [4.78, 5) is 37.1. The molecule has 2 atom stereocenters. The number of esters is 3. The number of carbonyl (C=O) groups is 3. The maximum absolute atomic E-state index is 12.6. The van der Waals surface area contributed by atoms with Gasteiger partial charge in [-0.3, -0.25) is 14.4 Å². The van der Waals surface area contributed by atoms with Crippen LogP contribution < -0.4 is 0 Å². The lowest BCUT2D eigenvalue weighted by molar-refractivity contribution is -0.870. The lowest BCUT2D eigenvalue weighted by Crippen LogP contribution is -2.42. The molecule has 0 aliphatic carbocycles. The Bertz CT molecular complexity index is 523. The zero-order valence-corrected chi connectivity index (χ0v) is 18.5. The van der Waals surface area contributed by atoms with Gasteiger partial charge in [-0.2, -0.15) is 0 Å². The number of likely N-dealkylation sites (N-methyl/N-ethyl adjacent to an activating group) is 1. The van der Waals surface area contributed by atoms with Crippen molar-refractivity contribution in [3.8, 4) is 0 Å². The van der Waals surface area contributed by atoms with Gasteiger partial charge in [0.1, 0.15) is 13.2 Å². The molecule has 0 fully saturated rings. The summed E-state index contributed by atoms with van der Waals surface area (Å²) in [5, 5.41) is 0. The van der Waals surface area contributed by atoms with Crippen LogP contribution in [0.3, 0.4) is 0 Å². The number of hydrogen-bond acceptors (Lipinski definition) is 6. The van der Waals surface area contributed by atoms with Gasteiger partial charge in [0.15, 0.2) is 0 Å². The van der Waals surface area contributed by atoms with E-state index in [-0.39, 0.29) is 31.4 Å². The Morgan fingerprint density at radius 3 is 2.00 bits per heavy atom. The van der Waals surface area contributed by atoms with Gasteiger partial charge in [-0.15, -0.1) is 0 Å². The molecular weight excluding hydrogens is 350 g/mol. The van der Waals surface area contributed by atoms with Crippen LogP contribution in [-0.4, -0.2) is 70.4 Å². The summed E-state index contributed by atoms with van der Waals surface area (Å²) in [6.07, 6.45) is 0.438. The van der Waals surface area contributed by atoms with Gasteiger partial charge in [0.05, 0.1) is 51.6 Å². The zero-order chi connectivity index (χ0) is 21.5. The van der Waals surface area contributed by atoms with Gasteiger partial charge in [-0.05, 0) is 40.5 Å². The van der Waals surface area contributed by atoms with E-state index in [1.54, 1.807) is 34.6 Å². The maximum Gasteiger partial charge on any atom is 0.311 e. The van der Waals surface area contributed by atoms with E-state index in [4.69, 9.17) is 14.2 Å². The molecule has 158 valence electrons. The summed E-state index contributed by atoms with van der Waals surface area (Å²) in [6.45, 7) is 9.94. The Morgan fingerprint density at radius 2 is 1.56 bits per heavy atom. The van der Waals surface area contributed by atoms with Crippen LogP contribution in [0.1, 0.15) is 47.5 Å². The van der Waals surface area contributed by atoms with Gasteiger partial charge in [-0.1, -0.05) is 6.92 Å². The van der Waals surface area contributed by atoms with E-state index in [9.17, 15) is 14.4 Å². The van der Waals surface area contributed by atoms with Crippen molar-refractivity contribution in [1.82, 2.24) is 0 Å². The highest BCUT2D eigenvalue weighted by Crippen LogP contribution is 2.40. The summed E-state index contributed by atoms with van der Waals surface area (Å²) in [5.41, 5.74) is -1.91. The van der Waals surface area contributed by atoms with Crippen molar-refractivity contribution in [3.05, 3.63) is 0 Å². The molecule has 2 unspecified atom stereocenters. The topological polar surface area (TPSA) is 78.9 Å². The highest BCUT2D eigenvalue weighted by Gasteiger charge is 2.45. The smallest absolute Gasteiger partial charge is 0.311 e. The van der Waals surface area contributed by atoms with E-state index >= 15 is 0 Å². The third kappa shape index (κ3) is 8.73. The molecule has 0 saturated carbocycles. The fourth-order valence-corrected chi connectivity index (χ4v) is 3.17. The summed E-state index contributed by atoms with van der Waals surface area (Å²) in [5.74, 6) is -1.67. The first-order valence-electron chi connectivity index (χ1n) is 9.41. The third-order valence-electron chi connectivity index (χ3n) is 4.50. The molecular formula is C20H38NO6+. The van der Waals surface area contributed by atoms with E-state index in [2.05, 4.69) is 0 Å². The number of methoxy groups -OCH3 is 1. The summed E-state index contributed by atoms with van der Waals surface area (Å²) in [7, 11) is 7.36. The van der Waals surface area contributed by atoms with Crippen molar-refractivity contribution in [1.29, 1.82) is 0 Å². The number of quaternary nitrogens is 1. The second-order valence-electron chi connectivity index (χ2n) is 9.12. The van der Waals surface area contributed by atoms with Gasteiger partial charge in [0.25, 0.3) is 0 Å². The zero-order valence-electron chi connectivity index (χ0n) is 18.5. The molecule has 0 spiro atoms. The van der Waals surface area contributed by atoms with Crippen molar-refractivity contribution in [2.45, 2.75) is 47.5 Å². The van der Waals surface area contributed by atoms with Crippen LogP contribution in [-0.2, 0) is 28.6 Å². The first kappa shape index (κ1) is 25.4. The molecule has 0 saturated heterocycles. The van der Waals surface area contributed by atoms with Gasteiger partial charge in [0, 0.05) is 0 Å². The Hall–Kier alpha value is -1.63. The molecule has 0 N–H and O–H groups in total. The number of rotatable bonds is 11. The lowest BCUT2D eigenvalue weighted by Gasteiger charge is -2.35. The summed E-state index contributed by atoms with van der Waals surface area (Å²) < 4.78 is 16.1. The highest BCUT2D eigenvalue weighted by molar-refractivity contribution is 5.81. The Labute approximate surface area is 163 Å². The molecule has 0 bridgehead atoms. The van der Waals surface area contributed by atoms with Crippen LogP contribution in [0.5, 0.6) is 0 Å². The normalized spacial score (nSPS) is 15.4. The van der Waals surface area contributed by atoms with Crippen molar-refractivity contribution in [3.63, 3.8) is 0 Å². The summed E-state index contributed by atoms with van der Waals surface area (Å²) >= 11 is 0. The van der Waals surface area contributed by atoms with Gasteiger partial charge >= 0.3 is 17.9 Å². The molecule has 0 aliphatic rings. The first-order chi connectivity index (χ1) is 12.2. The van der Waals surface area contributed by atoms with E-state index < -0.39 is 22.7 Å². The molecule has 0 heterocycles. The van der Waals surface area contributed by atoms with Crippen LogP contribution >= 0.6 is 0 Å². The van der Waals surface area contributed by atoms with E-state index in [0.717, 1.165) is 0 Å². The Kier molecular flexibility index (Phi) is 9.45. The standard InChI is InChI=1S/C20H38NO6/c1-10-26-16(22)15(2)13-20(5,18(24)25-9)14-19(3,4)17(23)27-12-11-21(6,7)8/h15H,10-14H2,1-9H3/q+1. The largest absolute Gasteiger partial charge is 0.469 e. The van der Waals surface area contributed by atoms with E-state index in [1.807, 2.05) is 21.1 Å². The Morgan fingerprint density at radius 1 is 1.00 bits per heavy atom. The maximum atomic E-state index is 12.6. The van der Waals surface area contributed by atoms with Crippen molar-refractivity contribution >= 4 is 17.9 Å².